The standard InChI is InChI=1S/C24H24N2O3/c1-24(16-28-20-10-6-3-7-11-20)17-29-22-13-12-19(14-21(22)26-24)23(27)25-15-18-8-4-2-5-9-18/h2-14,26H,15-17H2,1H3,(H,25,27). The monoisotopic (exact) mass is 388 g/mol. The van der Waals surface area contributed by atoms with Crippen LogP contribution in [0.2, 0.25) is 0 Å². The number of hydrogen-bond acceptors (Lipinski definition) is 4. The molecule has 3 aromatic rings. The average molecular weight is 388 g/mol. The Morgan fingerprint density at radius 1 is 1.07 bits per heavy atom. The summed E-state index contributed by atoms with van der Waals surface area (Å²) in [7, 11) is 0. The quantitative estimate of drug-likeness (QED) is 0.662. The van der Waals surface area contributed by atoms with Gasteiger partial charge in [-0.1, -0.05) is 48.5 Å². The van der Waals surface area contributed by atoms with Crippen molar-refractivity contribution in [2.75, 3.05) is 18.5 Å². The third-order valence-corrected chi connectivity index (χ3v) is 4.82. The third kappa shape index (κ3) is 4.69. The van der Waals surface area contributed by atoms with Crippen molar-refractivity contribution in [1.82, 2.24) is 5.32 Å². The first-order chi connectivity index (χ1) is 14.1. The van der Waals surface area contributed by atoms with Crippen LogP contribution in [0.1, 0.15) is 22.8 Å². The van der Waals surface area contributed by atoms with Crippen molar-refractivity contribution in [1.29, 1.82) is 0 Å². The molecule has 5 heteroatoms. The Balaban J connectivity index is 1.41. The molecule has 1 aliphatic rings. The van der Waals surface area contributed by atoms with Crippen molar-refractivity contribution >= 4 is 11.6 Å². The molecule has 0 aliphatic carbocycles. The van der Waals surface area contributed by atoms with E-state index in [1.54, 1.807) is 6.07 Å². The van der Waals surface area contributed by atoms with Crippen LogP contribution in [0.3, 0.4) is 0 Å². The van der Waals surface area contributed by atoms with Crippen LogP contribution in [0.15, 0.2) is 78.9 Å². The molecule has 0 spiro atoms. The van der Waals surface area contributed by atoms with E-state index in [9.17, 15) is 4.79 Å². The maximum atomic E-state index is 12.6. The SMILES string of the molecule is CC1(COc2ccccc2)COc2ccc(C(=O)NCc3ccccc3)cc2N1. The number of carbonyl (C=O) groups is 1. The van der Waals surface area contributed by atoms with Gasteiger partial charge in [0.25, 0.3) is 5.91 Å². The highest BCUT2D eigenvalue weighted by molar-refractivity contribution is 5.95. The number of anilines is 1. The second-order valence-corrected chi connectivity index (χ2v) is 7.46. The molecule has 1 unspecified atom stereocenters. The number of carbonyl (C=O) groups excluding carboxylic acids is 1. The zero-order chi connectivity index (χ0) is 20.1. The Bertz CT molecular complexity index is 976. The van der Waals surface area contributed by atoms with E-state index in [1.165, 1.54) is 0 Å². The molecule has 0 bridgehead atoms. The Kier molecular flexibility index (Phi) is 5.38. The number of ether oxygens (including phenoxy) is 2. The van der Waals surface area contributed by atoms with Gasteiger partial charge in [0.1, 0.15) is 30.3 Å². The lowest BCUT2D eigenvalue weighted by atomic mass is 10.0. The summed E-state index contributed by atoms with van der Waals surface area (Å²) < 4.78 is 11.8. The van der Waals surface area contributed by atoms with Crippen molar-refractivity contribution in [3.05, 3.63) is 90.0 Å². The summed E-state index contributed by atoms with van der Waals surface area (Å²) in [4.78, 5) is 12.6. The van der Waals surface area contributed by atoms with Gasteiger partial charge in [-0.05, 0) is 42.8 Å². The van der Waals surface area contributed by atoms with E-state index in [-0.39, 0.29) is 5.91 Å². The molecule has 1 heterocycles. The Morgan fingerprint density at radius 2 is 1.79 bits per heavy atom. The number of benzene rings is 3. The fourth-order valence-electron chi connectivity index (χ4n) is 3.21. The zero-order valence-electron chi connectivity index (χ0n) is 16.4. The lowest BCUT2D eigenvalue weighted by molar-refractivity contribution is 0.0950. The molecule has 0 saturated carbocycles. The van der Waals surface area contributed by atoms with Crippen LogP contribution in [-0.4, -0.2) is 24.7 Å². The number of amides is 1. The van der Waals surface area contributed by atoms with E-state index in [4.69, 9.17) is 9.47 Å². The van der Waals surface area contributed by atoms with Crippen molar-refractivity contribution in [3.8, 4) is 11.5 Å². The van der Waals surface area contributed by atoms with Gasteiger partial charge in [-0.3, -0.25) is 4.79 Å². The second kappa shape index (κ2) is 8.27. The van der Waals surface area contributed by atoms with Crippen LogP contribution in [0.4, 0.5) is 5.69 Å². The highest BCUT2D eigenvalue weighted by atomic mass is 16.5. The minimum atomic E-state index is -0.401. The largest absolute Gasteiger partial charge is 0.491 e. The van der Waals surface area contributed by atoms with Gasteiger partial charge in [0, 0.05) is 12.1 Å². The summed E-state index contributed by atoms with van der Waals surface area (Å²) in [6.45, 7) is 3.46. The summed E-state index contributed by atoms with van der Waals surface area (Å²) in [6, 6.07) is 25.0. The first-order valence-corrected chi connectivity index (χ1v) is 9.66. The fraction of sp³-hybridized carbons (Fsp3) is 0.208. The van der Waals surface area contributed by atoms with Gasteiger partial charge in [0.2, 0.25) is 0 Å². The highest BCUT2D eigenvalue weighted by Crippen LogP contribution is 2.33. The zero-order valence-corrected chi connectivity index (χ0v) is 16.4. The smallest absolute Gasteiger partial charge is 0.251 e. The highest BCUT2D eigenvalue weighted by Gasteiger charge is 2.32. The van der Waals surface area contributed by atoms with Crippen LogP contribution in [-0.2, 0) is 6.54 Å². The van der Waals surface area contributed by atoms with Crippen LogP contribution in [0, 0.1) is 0 Å². The summed E-state index contributed by atoms with van der Waals surface area (Å²) in [5, 5.41) is 6.44. The van der Waals surface area contributed by atoms with E-state index in [0.29, 0.717) is 25.3 Å². The molecule has 29 heavy (non-hydrogen) atoms. The predicted octanol–water partition coefficient (Wildman–Crippen LogP) is 4.26. The molecule has 3 aromatic carbocycles. The number of fused-ring (bicyclic) bond motifs is 1. The van der Waals surface area contributed by atoms with Gasteiger partial charge < -0.3 is 20.1 Å². The number of para-hydroxylation sites is 1. The van der Waals surface area contributed by atoms with Crippen LogP contribution in [0.25, 0.3) is 0 Å². The third-order valence-electron chi connectivity index (χ3n) is 4.82. The second-order valence-electron chi connectivity index (χ2n) is 7.46. The number of rotatable bonds is 6. The van der Waals surface area contributed by atoms with Gasteiger partial charge in [-0.25, -0.2) is 0 Å². The lowest BCUT2D eigenvalue weighted by Crippen LogP contribution is -2.48. The molecule has 0 radical (unpaired) electrons. The van der Waals surface area contributed by atoms with Crippen LogP contribution >= 0.6 is 0 Å². The molecule has 0 fully saturated rings. The molecule has 1 atom stereocenters. The Morgan fingerprint density at radius 3 is 2.55 bits per heavy atom. The molecule has 148 valence electrons. The molecule has 2 N–H and O–H groups in total. The van der Waals surface area contributed by atoms with E-state index in [1.807, 2.05) is 79.7 Å². The Hall–Kier alpha value is -3.47. The fourth-order valence-corrected chi connectivity index (χ4v) is 3.21. The molecular weight excluding hydrogens is 364 g/mol. The van der Waals surface area contributed by atoms with Crippen molar-refractivity contribution in [2.45, 2.75) is 19.0 Å². The van der Waals surface area contributed by atoms with Gasteiger partial charge in [0.15, 0.2) is 0 Å². The van der Waals surface area contributed by atoms with Gasteiger partial charge in [-0.2, -0.15) is 0 Å². The average Bonchev–Trinajstić information content (AvgIpc) is 2.77. The van der Waals surface area contributed by atoms with Crippen LogP contribution in [0.5, 0.6) is 11.5 Å². The van der Waals surface area contributed by atoms with Gasteiger partial charge in [0.05, 0.1) is 5.69 Å². The number of nitrogens with one attached hydrogen (secondary N) is 2. The summed E-state index contributed by atoms with van der Waals surface area (Å²) in [5.41, 5.74) is 2.04. The minimum Gasteiger partial charge on any atom is -0.491 e. The molecule has 5 nitrogen and oxygen atoms in total. The van der Waals surface area contributed by atoms with E-state index in [2.05, 4.69) is 10.6 Å². The van der Waals surface area contributed by atoms with Gasteiger partial charge in [-0.15, -0.1) is 0 Å². The van der Waals surface area contributed by atoms with Gasteiger partial charge >= 0.3 is 0 Å². The summed E-state index contributed by atoms with van der Waals surface area (Å²) in [6.07, 6.45) is 0. The molecule has 0 saturated heterocycles. The number of hydrogen-bond donors (Lipinski definition) is 2. The first kappa shape index (κ1) is 18.9. The van der Waals surface area contributed by atoms with Crippen LogP contribution < -0.4 is 20.1 Å². The molecule has 1 aliphatic heterocycles. The molecule has 1 amide bonds. The summed E-state index contributed by atoms with van der Waals surface area (Å²) in [5.74, 6) is 1.43. The first-order valence-electron chi connectivity index (χ1n) is 9.66. The normalized spacial score (nSPS) is 17.4. The van der Waals surface area contributed by atoms with Crippen molar-refractivity contribution in [2.24, 2.45) is 0 Å². The van der Waals surface area contributed by atoms with Crippen molar-refractivity contribution in [3.63, 3.8) is 0 Å². The maximum absolute atomic E-state index is 12.6. The molecule has 4 rings (SSSR count). The topological polar surface area (TPSA) is 59.6 Å². The van der Waals surface area contributed by atoms with Crippen molar-refractivity contribution < 1.29 is 14.3 Å². The minimum absolute atomic E-state index is 0.119. The van der Waals surface area contributed by atoms with E-state index in [0.717, 1.165) is 22.7 Å². The van der Waals surface area contributed by atoms with E-state index < -0.39 is 5.54 Å². The maximum Gasteiger partial charge on any atom is 0.251 e. The molecular formula is C24H24N2O3. The van der Waals surface area contributed by atoms with E-state index >= 15 is 0 Å². The predicted molar refractivity (Wildman–Crippen MR) is 114 cm³/mol. The molecule has 0 aromatic heterocycles. The lowest BCUT2D eigenvalue weighted by Gasteiger charge is -2.36. The Labute approximate surface area is 170 Å². The summed E-state index contributed by atoms with van der Waals surface area (Å²) >= 11 is 0.